The largest absolute Gasteiger partial charge is 0.497 e. The van der Waals surface area contributed by atoms with Gasteiger partial charge in [-0.15, -0.1) is 0 Å². The van der Waals surface area contributed by atoms with E-state index in [1.54, 1.807) is 18.9 Å². The van der Waals surface area contributed by atoms with Crippen molar-refractivity contribution < 1.29 is 4.74 Å². The predicted octanol–water partition coefficient (Wildman–Crippen LogP) is 4.50. The molecule has 4 heteroatoms. The van der Waals surface area contributed by atoms with Gasteiger partial charge in [0.15, 0.2) is 0 Å². The van der Waals surface area contributed by atoms with Crippen LogP contribution in [0.4, 0.5) is 0 Å². The van der Waals surface area contributed by atoms with Gasteiger partial charge in [0.1, 0.15) is 5.75 Å². The SMILES string of the molecule is COc1cccc(Sc2cc(Br)ccc2CC(C)N)c1. The zero-order valence-electron chi connectivity index (χ0n) is 11.6. The lowest BCUT2D eigenvalue weighted by Gasteiger charge is -2.12. The van der Waals surface area contributed by atoms with Gasteiger partial charge in [0.25, 0.3) is 0 Å². The number of rotatable bonds is 5. The molecule has 0 aliphatic heterocycles. The standard InChI is InChI=1S/C16H18BrNOS/c1-11(18)8-12-6-7-13(17)9-16(12)20-15-5-3-4-14(10-15)19-2/h3-7,9-11H,8,18H2,1-2H3. The van der Waals surface area contributed by atoms with Crippen molar-refractivity contribution >= 4 is 27.7 Å². The summed E-state index contributed by atoms with van der Waals surface area (Å²) in [6.45, 7) is 2.03. The molecule has 0 amide bonds. The Kier molecular flexibility index (Phi) is 5.52. The molecule has 106 valence electrons. The lowest BCUT2D eigenvalue weighted by atomic mass is 10.1. The van der Waals surface area contributed by atoms with Crippen LogP contribution >= 0.6 is 27.7 Å². The van der Waals surface area contributed by atoms with Crippen LogP contribution in [0.3, 0.4) is 0 Å². The van der Waals surface area contributed by atoms with Crippen molar-refractivity contribution in [2.45, 2.75) is 29.2 Å². The molecular weight excluding hydrogens is 334 g/mol. The fraction of sp³-hybridized carbons (Fsp3) is 0.250. The van der Waals surface area contributed by atoms with Crippen LogP contribution in [-0.4, -0.2) is 13.2 Å². The molecule has 20 heavy (non-hydrogen) atoms. The van der Waals surface area contributed by atoms with E-state index in [4.69, 9.17) is 10.5 Å². The van der Waals surface area contributed by atoms with Gasteiger partial charge in [-0.1, -0.05) is 39.8 Å². The highest BCUT2D eigenvalue weighted by Crippen LogP contribution is 2.34. The summed E-state index contributed by atoms with van der Waals surface area (Å²) < 4.78 is 6.35. The van der Waals surface area contributed by atoms with Gasteiger partial charge in [0.05, 0.1) is 7.11 Å². The summed E-state index contributed by atoms with van der Waals surface area (Å²) in [6.07, 6.45) is 0.875. The van der Waals surface area contributed by atoms with Crippen LogP contribution in [0.2, 0.25) is 0 Å². The van der Waals surface area contributed by atoms with E-state index in [2.05, 4.69) is 40.2 Å². The maximum Gasteiger partial charge on any atom is 0.119 e. The second-order valence-electron chi connectivity index (χ2n) is 4.71. The molecule has 2 rings (SSSR count). The van der Waals surface area contributed by atoms with Crippen molar-refractivity contribution in [3.8, 4) is 5.75 Å². The minimum atomic E-state index is 0.154. The normalized spacial score (nSPS) is 12.2. The highest BCUT2D eigenvalue weighted by Gasteiger charge is 2.08. The Morgan fingerprint density at radius 2 is 2.05 bits per heavy atom. The van der Waals surface area contributed by atoms with Crippen molar-refractivity contribution in [2.24, 2.45) is 5.73 Å². The smallest absolute Gasteiger partial charge is 0.119 e. The summed E-state index contributed by atoms with van der Waals surface area (Å²) in [5.41, 5.74) is 7.20. The van der Waals surface area contributed by atoms with Crippen LogP contribution in [0.25, 0.3) is 0 Å². The average molecular weight is 352 g/mol. The van der Waals surface area contributed by atoms with E-state index in [1.807, 2.05) is 25.1 Å². The second-order valence-corrected chi connectivity index (χ2v) is 6.75. The van der Waals surface area contributed by atoms with Gasteiger partial charge >= 0.3 is 0 Å². The molecular formula is C16H18BrNOS. The van der Waals surface area contributed by atoms with Crippen molar-refractivity contribution in [1.29, 1.82) is 0 Å². The van der Waals surface area contributed by atoms with Crippen molar-refractivity contribution in [3.63, 3.8) is 0 Å². The fourth-order valence-corrected chi connectivity index (χ4v) is 3.49. The first kappa shape index (κ1) is 15.4. The molecule has 2 aromatic carbocycles. The summed E-state index contributed by atoms with van der Waals surface area (Å²) in [6, 6.07) is 14.6. The maximum atomic E-state index is 5.93. The first-order chi connectivity index (χ1) is 9.58. The molecule has 1 unspecified atom stereocenters. The van der Waals surface area contributed by atoms with Gasteiger partial charge in [-0.05, 0) is 49.2 Å². The second kappa shape index (κ2) is 7.16. The minimum absolute atomic E-state index is 0.154. The molecule has 0 spiro atoms. The molecule has 0 heterocycles. The van der Waals surface area contributed by atoms with E-state index in [1.165, 1.54) is 10.5 Å². The lowest BCUT2D eigenvalue weighted by Crippen LogP contribution is -2.18. The molecule has 0 saturated carbocycles. The van der Waals surface area contributed by atoms with Crippen LogP contribution in [-0.2, 0) is 6.42 Å². The highest BCUT2D eigenvalue weighted by atomic mass is 79.9. The summed E-state index contributed by atoms with van der Waals surface area (Å²) in [7, 11) is 1.68. The van der Waals surface area contributed by atoms with Gasteiger partial charge in [0, 0.05) is 20.3 Å². The lowest BCUT2D eigenvalue weighted by molar-refractivity contribution is 0.413. The monoisotopic (exact) mass is 351 g/mol. The first-order valence-electron chi connectivity index (χ1n) is 6.44. The number of hydrogen-bond acceptors (Lipinski definition) is 3. The summed E-state index contributed by atoms with van der Waals surface area (Å²) in [5.74, 6) is 0.874. The summed E-state index contributed by atoms with van der Waals surface area (Å²) in [5, 5.41) is 0. The third kappa shape index (κ3) is 4.27. The van der Waals surface area contributed by atoms with Crippen molar-refractivity contribution in [1.82, 2.24) is 0 Å². The maximum absolute atomic E-state index is 5.93. The molecule has 0 fully saturated rings. The minimum Gasteiger partial charge on any atom is -0.497 e. The number of halogens is 1. The Morgan fingerprint density at radius 3 is 2.75 bits per heavy atom. The quantitative estimate of drug-likeness (QED) is 0.861. The highest BCUT2D eigenvalue weighted by molar-refractivity contribution is 9.10. The topological polar surface area (TPSA) is 35.2 Å². The number of methoxy groups -OCH3 is 1. The molecule has 2 aromatic rings. The Hall–Kier alpha value is -0.970. The Bertz CT molecular complexity index is 586. The van der Waals surface area contributed by atoms with E-state index in [-0.39, 0.29) is 6.04 Å². The van der Waals surface area contributed by atoms with Crippen LogP contribution < -0.4 is 10.5 Å². The molecule has 0 aliphatic carbocycles. The molecule has 0 aliphatic rings. The molecule has 1 atom stereocenters. The van der Waals surface area contributed by atoms with Gasteiger partial charge in [-0.25, -0.2) is 0 Å². The molecule has 0 radical (unpaired) electrons. The van der Waals surface area contributed by atoms with Crippen molar-refractivity contribution in [3.05, 3.63) is 52.5 Å². The Balaban J connectivity index is 2.28. The third-order valence-corrected chi connectivity index (χ3v) is 4.42. The van der Waals surface area contributed by atoms with E-state index in [0.717, 1.165) is 21.5 Å². The van der Waals surface area contributed by atoms with E-state index < -0.39 is 0 Å². The van der Waals surface area contributed by atoms with Crippen LogP contribution in [0.1, 0.15) is 12.5 Å². The van der Waals surface area contributed by atoms with E-state index in [9.17, 15) is 0 Å². The fourth-order valence-electron chi connectivity index (χ4n) is 1.93. The zero-order valence-corrected chi connectivity index (χ0v) is 14.0. The molecule has 0 aromatic heterocycles. The van der Waals surface area contributed by atoms with Gasteiger partial charge in [-0.3, -0.25) is 0 Å². The first-order valence-corrected chi connectivity index (χ1v) is 8.05. The van der Waals surface area contributed by atoms with Crippen LogP contribution in [0.15, 0.2) is 56.7 Å². The van der Waals surface area contributed by atoms with Gasteiger partial charge < -0.3 is 10.5 Å². The van der Waals surface area contributed by atoms with Crippen LogP contribution in [0, 0.1) is 0 Å². The molecule has 0 bridgehead atoms. The number of nitrogens with two attached hydrogens (primary N) is 1. The van der Waals surface area contributed by atoms with Crippen LogP contribution in [0.5, 0.6) is 5.75 Å². The van der Waals surface area contributed by atoms with Crippen molar-refractivity contribution in [2.75, 3.05) is 7.11 Å². The van der Waals surface area contributed by atoms with Gasteiger partial charge in [-0.2, -0.15) is 0 Å². The third-order valence-electron chi connectivity index (χ3n) is 2.84. The predicted molar refractivity (Wildman–Crippen MR) is 88.6 cm³/mol. The zero-order chi connectivity index (χ0) is 14.5. The number of ether oxygens (including phenoxy) is 1. The van der Waals surface area contributed by atoms with E-state index in [0.29, 0.717) is 0 Å². The molecule has 0 saturated heterocycles. The summed E-state index contributed by atoms with van der Waals surface area (Å²) in [4.78, 5) is 2.39. The Morgan fingerprint density at radius 1 is 1.25 bits per heavy atom. The molecule has 2 N–H and O–H groups in total. The number of benzene rings is 2. The van der Waals surface area contributed by atoms with Gasteiger partial charge in [0.2, 0.25) is 0 Å². The average Bonchev–Trinajstić information content (AvgIpc) is 2.42. The van der Waals surface area contributed by atoms with E-state index >= 15 is 0 Å². The number of hydrogen-bond donors (Lipinski definition) is 1. The molecule has 2 nitrogen and oxygen atoms in total. The Labute approximate surface area is 132 Å². The summed E-state index contributed by atoms with van der Waals surface area (Å²) >= 11 is 5.27.